The van der Waals surface area contributed by atoms with E-state index < -0.39 is 5.97 Å². The van der Waals surface area contributed by atoms with Gasteiger partial charge >= 0.3 is 5.97 Å². The quantitative estimate of drug-likeness (QED) is 0.766. The van der Waals surface area contributed by atoms with Crippen LogP contribution in [0.15, 0.2) is 24.4 Å². The predicted octanol–water partition coefficient (Wildman–Crippen LogP) is 2.41. The SMILES string of the molecule is COC(=O)c1cn(-c2ccc(F)cc2C)nc1C. The lowest BCUT2D eigenvalue weighted by Crippen LogP contribution is -2.01. The van der Waals surface area contributed by atoms with Gasteiger partial charge in [-0.2, -0.15) is 5.10 Å². The fraction of sp³-hybridized carbons (Fsp3) is 0.231. The molecule has 0 radical (unpaired) electrons. The van der Waals surface area contributed by atoms with Crippen LogP contribution in [0.3, 0.4) is 0 Å². The Kier molecular flexibility index (Phi) is 3.14. The van der Waals surface area contributed by atoms with Crippen LogP contribution in [0.25, 0.3) is 5.69 Å². The molecule has 94 valence electrons. The second-order valence-corrected chi connectivity index (χ2v) is 4.00. The van der Waals surface area contributed by atoms with Crippen molar-refractivity contribution in [1.29, 1.82) is 0 Å². The summed E-state index contributed by atoms with van der Waals surface area (Å²) in [5.74, 6) is -0.730. The first-order valence-electron chi connectivity index (χ1n) is 5.44. The zero-order chi connectivity index (χ0) is 13.3. The summed E-state index contributed by atoms with van der Waals surface area (Å²) in [6, 6.07) is 4.40. The molecule has 1 aromatic heterocycles. The molecular weight excluding hydrogens is 235 g/mol. The Bertz CT molecular complexity index is 605. The van der Waals surface area contributed by atoms with Gasteiger partial charge in [0.2, 0.25) is 0 Å². The second-order valence-electron chi connectivity index (χ2n) is 4.00. The maximum absolute atomic E-state index is 13.0. The largest absolute Gasteiger partial charge is 0.465 e. The number of benzene rings is 1. The van der Waals surface area contributed by atoms with Crippen LogP contribution in [0.4, 0.5) is 4.39 Å². The van der Waals surface area contributed by atoms with Crippen molar-refractivity contribution in [2.75, 3.05) is 7.11 Å². The molecule has 1 aromatic carbocycles. The molecule has 1 heterocycles. The molecule has 0 bridgehead atoms. The molecule has 0 aliphatic carbocycles. The van der Waals surface area contributed by atoms with E-state index in [9.17, 15) is 9.18 Å². The van der Waals surface area contributed by atoms with E-state index in [1.807, 2.05) is 0 Å². The number of nitrogens with zero attached hydrogens (tertiary/aromatic N) is 2. The van der Waals surface area contributed by atoms with Crippen molar-refractivity contribution in [1.82, 2.24) is 9.78 Å². The number of hydrogen-bond donors (Lipinski definition) is 0. The number of carbonyl (C=O) groups excluding carboxylic acids is 1. The molecule has 2 aromatic rings. The predicted molar refractivity (Wildman–Crippen MR) is 64.3 cm³/mol. The van der Waals surface area contributed by atoms with E-state index in [0.29, 0.717) is 11.3 Å². The van der Waals surface area contributed by atoms with Crippen molar-refractivity contribution < 1.29 is 13.9 Å². The third kappa shape index (κ3) is 2.11. The van der Waals surface area contributed by atoms with Crippen molar-refractivity contribution in [2.24, 2.45) is 0 Å². The number of rotatable bonds is 2. The highest BCUT2D eigenvalue weighted by Gasteiger charge is 2.15. The third-order valence-electron chi connectivity index (χ3n) is 2.71. The third-order valence-corrected chi connectivity index (χ3v) is 2.71. The lowest BCUT2D eigenvalue weighted by Gasteiger charge is -2.05. The van der Waals surface area contributed by atoms with Crippen molar-refractivity contribution in [3.8, 4) is 5.69 Å². The van der Waals surface area contributed by atoms with Gasteiger partial charge in [0.25, 0.3) is 0 Å². The molecule has 0 saturated heterocycles. The van der Waals surface area contributed by atoms with Crippen LogP contribution in [0, 0.1) is 19.7 Å². The van der Waals surface area contributed by atoms with Gasteiger partial charge in [-0.3, -0.25) is 0 Å². The van der Waals surface area contributed by atoms with Gasteiger partial charge in [-0.05, 0) is 37.6 Å². The molecule has 0 amide bonds. The molecule has 0 fully saturated rings. The zero-order valence-electron chi connectivity index (χ0n) is 10.4. The molecule has 0 saturated carbocycles. The first-order valence-corrected chi connectivity index (χ1v) is 5.44. The minimum atomic E-state index is -0.432. The standard InChI is InChI=1S/C13H13FN2O2/c1-8-6-10(14)4-5-12(8)16-7-11(9(2)15-16)13(17)18-3/h4-7H,1-3H3. The Morgan fingerprint density at radius 3 is 2.72 bits per heavy atom. The molecular formula is C13H13FN2O2. The summed E-state index contributed by atoms with van der Waals surface area (Å²) in [6.45, 7) is 3.51. The van der Waals surface area contributed by atoms with Gasteiger partial charge in [0.1, 0.15) is 11.4 Å². The summed E-state index contributed by atoms with van der Waals surface area (Å²) in [5.41, 5.74) is 2.45. The summed E-state index contributed by atoms with van der Waals surface area (Å²) in [7, 11) is 1.32. The smallest absolute Gasteiger partial charge is 0.341 e. The maximum atomic E-state index is 13.0. The Morgan fingerprint density at radius 2 is 2.11 bits per heavy atom. The van der Waals surface area contributed by atoms with Gasteiger partial charge in [-0.1, -0.05) is 0 Å². The van der Waals surface area contributed by atoms with E-state index in [2.05, 4.69) is 9.84 Å². The van der Waals surface area contributed by atoms with E-state index >= 15 is 0 Å². The molecule has 0 aliphatic rings. The molecule has 0 aliphatic heterocycles. The number of hydrogen-bond acceptors (Lipinski definition) is 3. The molecule has 0 spiro atoms. The number of aromatic nitrogens is 2. The van der Waals surface area contributed by atoms with Crippen LogP contribution < -0.4 is 0 Å². The summed E-state index contributed by atoms with van der Waals surface area (Å²) in [5, 5.41) is 4.23. The monoisotopic (exact) mass is 248 g/mol. The summed E-state index contributed by atoms with van der Waals surface area (Å²) < 4.78 is 19.2. The van der Waals surface area contributed by atoms with Crippen LogP contribution >= 0.6 is 0 Å². The summed E-state index contributed by atoms with van der Waals surface area (Å²) in [6.07, 6.45) is 1.58. The lowest BCUT2D eigenvalue weighted by atomic mass is 10.2. The first-order chi connectivity index (χ1) is 8.52. The minimum Gasteiger partial charge on any atom is -0.465 e. The normalized spacial score (nSPS) is 10.4. The van der Waals surface area contributed by atoms with Crippen molar-refractivity contribution in [3.05, 3.63) is 47.0 Å². The molecule has 0 atom stereocenters. The number of aryl methyl sites for hydroxylation is 2. The van der Waals surface area contributed by atoms with Gasteiger partial charge in [0, 0.05) is 6.20 Å². The van der Waals surface area contributed by atoms with Crippen molar-refractivity contribution >= 4 is 5.97 Å². The topological polar surface area (TPSA) is 44.1 Å². The van der Waals surface area contributed by atoms with Gasteiger partial charge in [0.15, 0.2) is 0 Å². The number of halogens is 1. The van der Waals surface area contributed by atoms with Gasteiger partial charge in [-0.25, -0.2) is 13.9 Å². The molecule has 0 N–H and O–H groups in total. The Labute approximate surface area is 104 Å². The van der Waals surface area contributed by atoms with Gasteiger partial charge in [-0.15, -0.1) is 0 Å². The Hall–Kier alpha value is -2.17. The van der Waals surface area contributed by atoms with Crippen LogP contribution in [0.1, 0.15) is 21.6 Å². The Balaban J connectivity index is 2.49. The van der Waals surface area contributed by atoms with Gasteiger partial charge < -0.3 is 4.74 Å². The van der Waals surface area contributed by atoms with E-state index in [0.717, 1.165) is 11.3 Å². The second kappa shape index (κ2) is 4.60. The van der Waals surface area contributed by atoms with Gasteiger partial charge in [0.05, 0.1) is 18.5 Å². The lowest BCUT2D eigenvalue weighted by molar-refractivity contribution is 0.0600. The highest BCUT2D eigenvalue weighted by molar-refractivity contribution is 5.90. The van der Waals surface area contributed by atoms with Crippen LogP contribution in [-0.4, -0.2) is 22.9 Å². The summed E-state index contributed by atoms with van der Waals surface area (Å²) in [4.78, 5) is 11.5. The van der Waals surface area contributed by atoms with E-state index in [1.165, 1.54) is 19.2 Å². The number of methoxy groups -OCH3 is 1. The fourth-order valence-electron chi connectivity index (χ4n) is 1.77. The Morgan fingerprint density at radius 1 is 1.39 bits per heavy atom. The van der Waals surface area contributed by atoms with E-state index in [1.54, 1.807) is 30.8 Å². The maximum Gasteiger partial charge on any atom is 0.341 e. The zero-order valence-corrected chi connectivity index (χ0v) is 10.4. The number of esters is 1. The minimum absolute atomic E-state index is 0.298. The van der Waals surface area contributed by atoms with Crippen LogP contribution in [-0.2, 0) is 4.74 Å². The number of carbonyl (C=O) groups is 1. The highest BCUT2D eigenvalue weighted by atomic mass is 19.1. The van der Waals surface area contributed by atoms with Crippen LogP contribution in [0.5, 0.6) is 0 Å². The number of ether oxygens (including phenoxy) is 1. The molecule has 4 nitrogen and oxygen atoms in total. The average molecular weight is 248 g/mol. The van der Waals surface area contributed by atoms with E-state index in [-0.39, 0.29) is 5.82 Å². The van der Waals surface area contributed by atoms with Crippen LogP contribution in [0.2, 0.25) is 0 Å². The molecule has 18 heavy (non-hydrogen) atoms. The van der Waals surface area contributed by atoms with Crippen molar-refractivity contribution in [3.63, 3.8) is 0 Å². The highest BCUT2D eigenvalue weighted by Crippen LogP contribution is 2.17. The molecule has 2 rings (SSSR count). The first kappa shape index (κ1) is 12.3. The summed E-state index contributed by atoms with van der Waals surface area (Å²) >= 11 is 0. The van der Waals surface area contributed by atoms with E-state index in [4.69, 9.17) is 0 Å². The average Bonchev–Trinajstić information content (AvgIpc) is 2.70. The fourth-order valence-corrected chi connectivity index (χ4v) is 1.77. The molecule has 0 unspecified atom stereocenters. The molecule has 5 heteroatoms. The van der Waals surface area contributed by atoms with Crippen molar-refractivity contribution in [2.45, 2.75) is 13.8 Å².